The van der Waals surface area contributed by atoms with Gasteiger partial charge in [-0.25, -0.2) is 9.78 Å². The summed E-state index contributed by atoms with van der Waals surface area (Å²) in [5.41, 5.74) is 11.8. The number of ether oxygens (including phenoxy) is 3. The first-order chi connectivity index (χ1) is 18.7. The molecule has 0 spiro atoms. The summed E-state index contributed by atoms with van der Waals surface area (Å²) in [6.45, 7) is 7.93. The van der Waals surface area contributed by atoms with Crippen molar-refractivity contribution in [2.24, 2.45) is 0 Å². The molecule has 0 bridgehead atoms. The molecule has 1 atom stereocenters. The van der Waals surface area contributed by atoms with E-state index in [1.54, 1.807) is 25.7 Å². The number of carbonyl (C=O) groups excluding carboxylic acids is 1. The Labute approximate surface area is 230 Å². The molecule has 3 aromatic rings. The Kier molecular flexibility index (Phi) is 7.75. The number of anilines is 1. The van der Waals surface area contributed by atoms with E-state index in [-0.39, 0.29) is 12.1 Å². The summed E-state index contributed by atoms with van der Waals surface area (Å²) in [5, 5.41) is 0. The van der Waals surface area contributed by atoms with Crippen LogP contribution in [-0.4, -0.2) is 53.4 Å². The predicted molar refractivity (Wildman–Crippen MR) is 152 cm³/mol. The van der Waals surface area contributed by atoms with Crippen LogP contribution in [0.25, 0.3) is 22.3 Å². The molecular weight excluding hydrogens is 492 g/mol. The molecule has 0 unspecified atom stereocenters. The van der Waals surface area contributed by atoms with E-state index in [4.69, 9.17) is 19.9 Å². The van der Waals surface area contributed by atoms with Crippen LogP contribution in [0, 0.1) is 0 Å². The zero-order chi connectivity index (χ0) is 27.6. The lowest BCUT2D eigenvalue weighted by Gasteiger charge is -2.32. The molecule has 2 saturated heterocycles. The van der Waals surface area contributed by atoms with Crippen LogP contribution in [0.4, 0.5) is 10.6 Å². The maximum Gasteiger partial charge on any atom is 0.410 e. The highest BCUT2D eigenvalue weighted by atomic mass is 16.6. The van der Waals surface area contributed by atoms with Crippen LogP contribution in [0.1, 0.15) is 69.5 Å². The van der Waals surface area contributed by atoms with Gasteiger partial charge in [0.25, 0.3) is 0 Å². The molecule has 1 amide bonds. The molecule has 4 heterocycles. The average Bonchev–Trinajstić information content (AvgIpc) is 3.43. The number of nitrogens with two attached hydrogens (primary N) is 1. The standard InChI is InChI=1S/C31H38N4O4/c1-31(2,3)39-30(36)35-13-5-6-27(35)25-16-21(7-8-23(25)20-10-14-38-15-11-20)22-17-26(29(32)34-18-22)24-9-12-33-19-28(24)37-4/h7-9,12,16-20,27H,5-6,10-11,13-15H2,1-4H3,(H2,32,34)/t27-/m0/s1. The largest absolute Gasteiger partial charge is 0.494 e. The number of likely N-dealkylation sites (tertiary alicyclic amines) is 1. The molecule has 5 rings (SSSR count). The quantitative estimate of drug-likeness (QED) is 0.409. The van der Waals surface area contributed by atoms with Crippen LogP contribution in [-0.2, 0) is 9.47 Å². The first kappa shape index (κ1) is 26.9. The highest BCUT2D eigenvalue weighted by Gasteiger charge is 2.35. The maximum atomic E-state index is 13.2. The molecule has 2 aliphatic heterocycles. The Morgan fingerprint density at radius 1 is 1.03 bits per heavy atom. The van der Waals surface area contributed by atoms with Crippen molar-refractivity contribution in [3.05, 3.63) is 60.0 Å². The average molecular weight is 531 g/mol. The highest BCUT2D eigenvalue weighted by Crippen LogP contribution is 2.42. The minimum absolute atomic E-state index is 0.0425. The van der Waals surface area contributed by atoms with Gasteiger partial charge in [0.2, 0.25) is 0 Å². The smallest absolute Gasteiger partial charge is 0.410 e. The number of benzene rings is 1. The molecule has 1 aromatic carbocycles. The highest BCUT2D eigenvalue weighted by molar-refractivity contribution is 5.82. The van der Waals surface area contributed by atoms with Crippen LogP contribution in [0.2, 0.25) is 0 Å². The van der Waals surface area contributed by atoms with Gasteiger partial charge in [0.1, 0.15) is 17.2 Å². The number of pyridine rings is 2. The second-order valence-electron chi connectivity index (χ2n) is 11.3. The van der Waals surface area contributed by atoms with E-state index >= 15 is 0 Å². The summed E-state index contributed by atoms with van der Waals surface area (Å²) in [7, 11) is 1.62. The Morgan fingerprint density at radius 2 is 1.82 bits per heavy atom. The Bertz CT molecular complexity index is 1330. The molecule has 0 radical (unpaired) electrons. The van der Waals surface area contributed by atoms with Crippen LogP contribution in [0.3, 0.4) is 0 Å². The molecular formula is C31H38N4O4. The Hall–Kier alpha value is -3.65. The summed E-state index contributed by atoms with van der Waals surface area (Å²) in [5.74, 6) is 1.46. The van der Waals surface area contributed by atoms with Crippen molar-refractivity contribution in [2.45, 2.75) is 64.0 Å². The van der Waals surface area contributed by atoms with E-state index in [9.17, 15) is 4.79 Å². The third-order valence-corrected chi connectivity index (χ3v) is 7.53. The summed E-state index contributed by atoms with van der Waals surface area (Å²) in [4.78, 5) is 23.8. The van der Waals surface area contributed by atoms with Gasteiger partial charge in [-0.1, -0.05) is 12.1 Å². The number of carbonyl (C=O) groups is 1. The van der Waals surface area contributed by atoms with E-state index in [0.717, 1.165) is 61.2 Å². The summed E-state index contributed by atoms with van der Waals surface area (Å²) in [6, 6.07) is 10.5. The fraction of sp³-hybridized carbons (Fsp3) is 0.452. The third kappa shape index (κ3) is 5.86. The van der Waals surface area contributed by atoms with Crippen LogP contribution in [0.15, 0.2) is 48.9 Å². The minimum Gasteiger partial charge on any atom is -0.494 e. The van der Waals surface area contributed by atoms with E-state index in [1.165, 1.54) is 11.1 Å². The van der Waals surface area contributed by atoms with Crippen LogP contribution >= 0.6 is 0 Å². The molecule has 0 aliphatic carbocycles. The molecule has 0 saturated carbocycles. The number of hydrogen-bond acceptors (Lipinski definition) is 7. The number of nitrogen functional groups attached to an aromatic ring is 1. The number of methoxy groups -OCH3 is 1. The molecule has 2 aromatic heterocycles. The van der Waals surface area contributed by atoms with Crippen LogP contribution < -0.4 is 10.5 Å². The zero-order valence-electron chi connectivity index (χ0n) is 23.3. The fourth-order valence-corrected chi connectivity index (χ4v) is 5.67. The van der Waals surface area contributed by atoms with Gasteiger partial charge in [-0.05, 0) is 87.3 Å². The summed E-state index contributed by atoms with van der Waals surface area (Å²) >= 11 is 0. The first-order valence-corrected chi connectivity index (χ1v) is 13.7. The van der Waals surface area contributed by atoms with Gasteiger partial charge in [-0.15, -0.1) is 0 Å². The van der Waals surface area contributed by atoms with Crippen molar-refractivity contribution < 1.29 is 19.0 Å². The Morgan fingerprint density at radius 3 is 2.56 bits per heavy atom. The Balaban J connectivity index is 1.57. The third-order valence-electron chi connectivity index (χ3n) is 7.53. The lowest BCUT2D eigenvalue weighted by Crippen LogP contribution is -2.36. The van der Waals surface area contributed by atoms with Gasteiger partial charge in [0, 0.05) is 48.8 Å². The lowest BCUT2D eigenvalue weighted by atomic mass is 9.83. The van der Waals surface area contributed by atoms with E-state index in [0.29, 0.717) is 24.0 Å². The normalized spacial score (nSPS) is 18.3. The van der Waals surface area contributed by atoms with Gasteiger partial charge < -0.3 is 24.8 Å². The van der Waals surface area contributed by atoms with Crippen molar-refractivity contribution >= 4 is 11.9 Å². The van der Waals surface area contributed by atoms with Crippen molar-refractivity contribution in [1.29, 1.82) is 0 Å². The van der Waals surface area contributed by atoms with Gasteiger partial charge in [0.15, 0.2) is 0 Å². The van der Waals surface area contributed by atoms with Crippen molar-refractivity contribution in [2.75, 3.05) is 32.6 Å². The summed E-state index contributed by atoms with van der Waals surface area (Å²) < 4.78 is 17.0. The van der Waals surface area contributed by atoms with Gasteiger partial charge >= 0.3 is 6.09 Å². The molecule has 8 nitrogen and oxygen atoms in total. The van der Waals surface area contributed by atoms with E-state index in [2.05, 4.69) is 28.2 Å². The topological polar surface area (TPSA) is 99.8 Å². The number of amides is 1. The van der Waals surface area contributed by atoms with Crippen molar-refractivity contribution in [1.82, 2.24) is 14.9 Å². The van der Waals surface area contributed by atoms with Crippen molar-refractivity contribution in [3.63, 3.8) is 0 Å². The molecule has 2 aliphatic rings. The fourth-order valence-electron chi connectivity index (χ4n) is 5.67. The van der Waals surface area contributed by atoms with Gasteiger partial charge in [-0.2, -0.15) is 0 Å². The van der Waals surface area contributed by atoms with Gasteiger partial charge in [-0.3, -0.25) is 4.98 Å². The number of aromatic nitrogens is 2. The number of hydrogen-bond donors (Lipinski definition) is 1. The second-order valence-corrected chi connectivity index (χ2v) is 11.3. The SMILES string of the molecule is COc1cnccc1-c1cc(-c2ccc(C3CCOCC3)c([C@@H]3CCCN3C(=O)OC(C)(C)C)c2)cnc1N. The lowest BCUT2D eigenvalue weighted by molar-refractivity contribution is 0.0222. The van der Waals surface area contributed by atoms with Crippen molar-refractivity contribution in [3.8, 4) is 28.0 Å². The predicted octanol–water partition coefficient (Wildman–Crippen LogP) is 6.37. The molecule has 206 valence electrons. The number of rotatable bonds is 5. The molecule has 39 heavy (non-hydrogen) atoms. The minimum atomic E-state index is -0.546. The number of nitrogens with zero attached hydrogens (tertiary/aromatic N) is 3. The zero-order valence-corrected chi connectivity index (χ0v) is 23.3. The second kappa shape index (κ2) is 11.2. The molecule has 8 heteroatoms. The van der Waals surface area contributed by atoms with E-state index in [1.807, 2.05) is 37.8 Å². The maximum absolute atomic E-state index is 13.2. The molecule has 2 N–H and O–H groups in total. The van der Waals surface area contributed by atoms with E-state index < -0.39 is 5.60 Å². The molecule has 2 fully saturated rings. The first-order valence-electron chi connectivity index (χ1n) is 13.7. The summed E-state index contributed by atoms with van der Waals surface area (Å²) in [6.07, 6.45) is 8.73. The van der Waals surface area contributed by atoms with Gasteiger partial charge in [0.05, 0.1) is 19.3 Å². The monoisotopic (exact) mass is 530 g/mol. The van der Waals surface area contributed by atoms with Crippen LogP contribution in [0.5, 0.6) is 5.75 Å².